The number of amides is 1. The standard InChI is InChI=1S/C33H38ClN5O2/c1-22-30(31(34)36-41-22)32(40)37-17-14-33(15-18-37,24-8-4-3-5-9-24)16-19-38-25-12-13-26(38)21-27(20-25)39-23(2)35-28-10-6-7-11-29(28)39/h3-11,25-27H,12-21H2,1-2H3/t25-,26+,27?. The molecule has 3 saturated heterocycles. The Bertz CT molecular complexity index is 1520. The number of rotatable bonds is 6. The molecular formula is C33H38ClN5O2. The number of halogens is 1. The van der Waals surface area contributed by atoms with Crippen molar-refractivity contribution in [1.29, 1.82) is 0 Å². The topological polar surface area (TPSA) is 67.4 Å². The van der Waals surface area contributed by atoms with Gasteiger partial charge in [0.2, 0.25) is 0 Å². The number of hydrogen-bond acceptors (Lipinski definition) is 5. The van der Waals surface area contributed by atoms with Gasteiger partial charge in [-0.25, -0.2) is 4.98 Å². The third kappa shape index (κ3) is 4.67. The van der Waals surface area contributed by atoms with E-state index in [9.17, 15) is 4.79 Å². The van der Waals surface area contributed by atoms with E-state index >= 15 is 0 Å². The molecule has 0 aliphatic carbocycles. The first-order chi connectivity index (χ1) is 19.9. The molecule has 2 aromatic carbocycles. The molecule has 3 atom stereocenters. The van der Waals surface area contributed by atoms with Crippen LogP contribution in [0.25, 0.3) is 11.0 Å². The summed E-state index contributed by atoms with van der Waals surface area (Å²) >= 11 is 6.20. The molecule has 4 aromatic rings. The molecule has 7 rings (SSSR count). The van der Waals surface area contributed by atoms with Crippen molar-refractivity contribution in [2.75, 3.05) is 19.6 Å². The van der Waals surface area contributed by atoms with E-state index in [0.717, 1.165) is 37.1 Å². The van der Waals surface area contributed by atoms with Crippen LogP contribution in [-0.2, 0) is 5.41 Å². The Morgan fingerprint density at radius 3 is 2.34 bits per heavy atom. The number of carbonyl (C=O) groups excluding carboxylic acids is 1. The summed E-state index contributed by atoms with van der Waals surface area (Å²) in [6, 6.07) is 21.3. The van der Waals surface area contributed by atoms with E-state index in [4.69, 9.17) is 21.1 Å². The van der Waals surface area contributed by atoms with E-state index in [2.05, 4.69) is 76.1 Å². The van der Waals surface area contributed by atoms with Crippen molar-refractivity contribution < 1.29 is 9.32 Å². The first kappa shape index (κ1) is 26.7. The van der Waals surface area contributed by atoms with Crippen LogP contribution in [0.5, 0.6) is 0 Å². The summed E-state index contributed by atoms with van der Waals surface area (Å²) in [5.41, 5.74) is 4.23. The number of nitrogens with zero attached hydrogens (tertiary/aromatic N) is 5. The normalized spacial score (nSPS) is 24.3. The second-order valence-electron chi connectivity index (χ2n) is 12.4. The molecule has 3 aliphatic heterocycles. The minimum absolute atomic E-state index is 0.0545. The lowest BCUT2D eigenvalue weighted by Gasteiger charge is -2.45. The van der Waals surface area contributed by atoms with Gasteiger partial charge in [0.25, 0.3) is 5.91 Å². The first-order valence-corrected chi connectivity index (χ1v) is 15.5. The van der Waals surface area contributed by atoms with Crippen LogP contribution in [0.2, 0.25) is 5.15 Å². The van der Waals surface area contributed by atoms with Crippen LogP contribution < -0.4 is 0 Å². The number of aryl methyl sites for hydroxylation is 2. The maximum atomic E-state index is 13.3. The fourth-order valence-corrected chi connectivity index (χ4v) is 8.39. The summed E-state index contributed by atoms with van der Waals surface area (Å²) in [7, 11) is 0. The maximum absolute atomic E-state index is 13.3. The van der Waals surface area contributed by atoms with E-state index in [-0.39, 0.29) is 16.5 Å². The average Bonchev–Trinajstić information content (AvgIpc) is 3.59. The van der Waals surface area contributed by atoms with Crippen LogP contribution in [0, 0.1) is 13.8 Å². The number of piperidine rings is 2. The summed E-state index contributed by atoms with van der Waals surface area (Å²) in [6.45, 7) is 6.42. The number of hydrogen-bond donors (Lipinski definition) is 0. The third-order valence-electron chi connectivity index (χ3n) is 10.3. The maximum Gasteiger partial charge on any atom is 0.260 e. The molecule has 0 spiro atoms. The largest absolute Gasteiger partial charge is 0.359 e. The van der Waals surface area contributed by atoms with E-state index in [0.29, 0.717) is 42.5 Å². The fourth-order valence-electron chi connectivity index (χ4n) is 8.14. The lowest BCUT2D eigenvalue weighted by molar-refractivity contribution is 0.0605. The van der Waals surface area contributed by atoms with Crippen molar-refractivity contribution in [2.24, 2.45) is 0 Å². The van der Waals surface area contributed by atoms with Gasteiger partial charge in [0.15, 0.2) is 5.15 Å². The van der Waals surface area contributed by atoms with Crippen molar-refractivity contribution >= 4 is 28.5 Å². The van der Waals surface area contributed by atoms with Crippen molar-refractivity contribution in [3.63, 3.8) is 0 Å². The van der Waals surface area contributed by atoms with Gasteiger partial charge in [0, 0.05) is 31.2 Å². The molecule has 5 heterocycles. The van der Waals surface area contributed by atoms with E-state index < -0.39 is 0 Å². The Hall–Kier alpha value is -3.16. The van der Waals surface area contributed by atoms with Crippen LogP contribution in [0.3, 0.4) is 0 Å². The lowest BCUT2D eigenvalue weighted by atomic mass is 9.70. The summed E-state index contributed by atoms with van der Waals surface area (Å²) < 4.78 is 7.68. The highest BCUT2D eigenvalue weighted by Crippen LogP contribution is 2.45. The minimum Gasteiger partial charge on any atom is -0.359 e. The molecule has 2 bridgehead atoms. The smallest absolute Gasteiger partial charge is 0.260 e. The molecule has 8 heteroatoms. The minimum atomic E-state index is -0.0714. The molecule has 41 heavy (non-hydrogen) atoms. The van der Waals surface area contributed by atoms with E-state index in [1.54, 1.807) is 6.92 Å². The van der Waals surface area contributed by atoms with Gasteiger partial charge in [0.05, 0.1) is 11.0 Å². The third-order valence-corrected chi connectivity index (χ3v) is 10.5. The summed E-state index contributed by atoms with van der Waals surface area (Å²) in [6.07, 6.45) is 7.94. The predicted molar refractivity (Wildman–Crippen MR) is 160 cm³/mol. The Morgan fingerprint density at radius 2 is 1.66 bits per heavy atom. The highest BCUT2D eigenvalue weighted by atomic mass is 35.5. The van der Waals surface area contributed by atoms with Gasteiger partial charge < -0.3 is 14.0 Å². The molecule has 0 saturated carbocycles. The Labute approximate surface area is 246 Å². The van der Waals surface area contributed by atoms with E-state index in [1.807, 2.05) is 4.90 Å². The molecule has 1 amide bonds. The SMILES string of the molecule is Cc1onc(Cl)c1C(=O)N1CCC(CCN2[C@@H]3CC[C@H]2CC(n2c(C)nc4ccccc42)C3)(c2ccccc2)CC1. The van der Waals surface area contributed by atoms with Crippen molar-refractivity contribution in [1.82, 2.24) is 24.5 Å². The van der Waals surface area contributed by atoms with Gasteiger partial charge in [-0.2, -0.15) is 0 Å². The number of fused-ring (bicyclic) bond motifs is 3. The Balaban J connectivity index is 1.07. The van der Waals surface area contributed by atoms with Gasteiger partial charge in [-0.1, -0.05) is 59.2 Å². The zero-order valence-electron chi connectivity index (χ0n) is 23.9. The molecule has 0 radical (unpaired) electrons. The van der Waals surface area contributed by atoms with Crippen LogP contribution >= 0.6 is 11.6 Å². The Kier molecular flexibility index (Phi) is 6.90. The number of imidazole rings is 1. The van der Waals surface area contributed by atoms with Gasteiger partial charge in [-0.15, -0.1) is 0 Å². The second kappa shape index (κ2) is 10.6. The number of para-hydroxylation sites is 2. The van der Waals surface area contributed by atoms with Gasteiger partial charge in [-0.05, 0) is 88.4 Å². The van der Waals surface area contributed by atoms with Gasteiger partial charge >= 0.3 is 0 Å². The molecule has 7 nitrogen and oxygen atoms in total. The molecule has 2 aromatic heterocycles. The van der Waals surface area contributed by atoms with Crippen molar-refractivity contribution in [3.05, 3.63) is 82.5 Å². The van der Waals surface area contributed by atoms with E-state index in [1.165, 1.54) is 36.8 Å². The van der Waals surface area contributed by atoms with Crippen molar-refractivity contribution in [3.8, 4) is 0 Å². The highest BCUT2D eigenvalue weighted by Gasteiger charge is 2.44. The lowest BCUT2D eigenvalue weighted by Crippen LogP contribution is -2.49. The number of carbonyl (C=O) groups is 1. The zero-order chi connectivity index (χ0) is 28.1. The predicted octanol–water partition coefficient (Wildman–Crippen LogP) is 6.73. The highest BCUT2D eigenvalue weighted by molar-refractivity contribution is 6.32. The molecule has 1 unspecified atom stereocenters. The number of aromatic nitrogens is 3. The molecule has 3 aliphatic rings. The molecular weight excluding hydrogens is 534 g/mol. The van der Waals surface area contributed by atoms with Crippen LogP contribution in [-0.4, -0.2) is 62.1 Å². The molecule has 0 N–H and O–H groups in total. The monoisotopic (exact) mass is 571 g/mol. The summed E-state index contributed by atoms with van der Waals surface area (Å²) in [4.78, 5) is 22.9. The summed E-state index contributed by atoms with van der Waals surface area (Å²) in [5.74, 6) is 1.55. The first-order valence-electron chi connectivity index (χ1n) is 15.1. The van der Waals surface area contributed by atoms with Crippen LogP contribution in [0.1, 0.15) is 78.5 Å². The molecule has 3 fully saturated rings. The average molecular weight is 572 g/mol. The second-order valence-corrected chi connectivity index (χ2v) is 12.7. The van der Waals surface area contributed by atoms with Gasteiger partial charge in [-0.3, -0.25) is 9.69 Å². The fraction of sp³-hybridized carbons (Fsp3) is 0.485. The van der Waals surface area contributed by atoms with Crippen LogP contribution in [0.4, 0.5) is 0 Å². The zero-order valence-corrected chi connectivity index (χ0v) is 24.7. The van der Waals surface area contributed by atoms with Crippen LogP contribution in [0.15, 0.2) is 59.1 Å². The van der Waals surface area contributed by atoms with Crippen molar-refractivity contribution in [2.45, 2.75) is 82.3 Å². The quantitative estimate of drug-likeness (QED) is 0.257. The number of likely N-dealkylation sites (tertiary alicyclic amines) is 1. The Morgan fingerprint density at radius 1 is 0.976 bits per heavy atom. The number of benzene rings is 2. The molecule has 214 valence electrons. The summed E-state index contributed by atoms with van der Waals surface area (Å²) in [5, 5.41) is 3.94. The van der Waals surface area contributed by atoms with Gasteiger partial charge in [0.1, 0.15) is 17.1 Å².